The third-order valence-corrected chi connectivity index (χ3v) is 6.13. The maximum atomic E-state index is 12.8. The van der Waals surface area contributed by atoms with Crippen LogP contribution in [0.25, 0.3) is 0 Å². The number of nitrogens with two attached hydrogens (primary N) is 1. The number of aryl methyl sites for hydroxylation is 1. The highest BCUT2D eigenvalue weighted by molar-refractivity contribution is 7.09. The van der Waals surface area contributed by atoms with Crippen LogP contribution in [-0.4, -0.2) is 46.9 Å². The van der Waals surface area contributed by atoms with Crippen molar-refractivity contribution in [3.63, 3.8) is 0 Å². The van der Waals surface area contributed by atoms with E-state index >= 15 is 0 Å². The lowest BCUT2D eigenvalue weighted by Crippen LogP contribution is -2.50. The van der Waals surface area contributed by atoms with Crippen molar-refractivity contribution in [3.8, 4) is 0 Å². The van der Waals surface area contributed by atoms with Gasteiger partial charge in [-0.15, -0.1) is 11.3 Å². The second-order valence-electron chi connectivity index (χ2n) is 6.91. The van der Waals surface area contributed by atoms with Gasteiger partial charge in [0.05, 0.1) is 16.6 Å². The van der Waals surface area contributed by atoms with Gasteiger partial charge in [-0.25, -0.2) is 4.98 Å². The fraction of sp³-hybridized carbons (Fsp3) is 0.500. The molecule has 2 aromatic rings. The first-order valence-corrected chi connectivity index (χ1v) is 10.2. The Kier molecular flexibility index (Phi) is 6.40. The van der Waals surface area contributed by atoms with Crippen molar-refractivity contribution in [2.45, 2.75) is 32.9 Å². The third kappa shape index (κ3) is 4.50. The van der Waals surface area contributed by atoms with Crippen LogP contribution in [0.2, 0.25) is 0 Å². The van der Waals surface area contributed by atoms with Crippen LogP contribution in [0.5, 0.6) is 0 Å². The Labute approximate surface area is 159 Å². The number of benzene rings is 1. The zero-order valence-electron chi connectivity index (χ0n) is 15.6. The summed E-state index contributed by atoms with van der Waals surface area (Å²) in [5.74, 6) is -0.0578. The predicted octanol–water partition coefficient (Wildman–Crippen LogP) is 2.69. The van der Waals surface area contributed by atoms with E-state index in [0.29, 0.717) is 0 Å². The molecular formula is C20H28N4OS. The minimum Gasteiger partial charge on any atom is -0.340 e. The Morgan fingerprint density at radius 1 is 1.23 bits per heavy atom. The molecule has 3 rings (SSSR count). The Bertz CT molecular complexity index is 710. The van der Waals surface area contributed by atoms with E-state index in [1.165, 1.54) is 5.01 Å². The van der Waals surface area contributed by atoms with Gasteiger partial charge in [-0.1, -0.05) is 44.2 Å². The van der Waals surface area contributed by atoms with Crippen LogP contribution < -0.4 is 5.73 Å². The first-order chi connectivity index (χ1) is 12.6. The number of aromatic nitrogens is 1. The Balaban J connectivity index is 1.51. The molecule has 140 valence electrons. The SMILES string of the molecule is CCc1nc(CN2CCN(C(=O)C(C)C(N)c3ccccc3)CC2)cs1. The van der Waals surface area contributed by atoms with Gasteiger partial charge in [0.1, 0.15) is 0 Å². The topological polar surface area (TPSA) is 62.5 Å². The van der Waals surface area contributed by atoms with Crippen LogP contribution in [0.4, 0.5) is 0 Å². The van der Waals surface area contributed by atoms with E-state index in [0.717, 1.165) is 50.4 Å². The lowest BCUT2D eigenvalue weighted by atomic mass is 9.94. The minimum atomic E-state index is -0.260. The van der Waals surface area contributed by atoms with Gasteiger partial charge in [0.2, 0.25) is 5.91 Å². The van der Waals surface area contributed by atoms with Crippen LogP contribution in [0.1, 0.15) is 36.2 Å². The first-order valence-electron chi connectivity index (χ1n) is 9.33. The molecule has 6 heteroatoms. The van der Waals surface area contributed by atoms with E-state index in [2.05, 4.69) is 22.2 Å². The molecule has 2 heterocycles. The fourth-order valence-corrected chi connectivity index (χ4v) is 4.08. The highest BCUT2D eigenvalue weighted by atomic mass is 32.1. The molecule has 1 aromatic heterocycles. The molecule has 0 saturated carbocycles. The summed E-state index contributed by atoms with van der Waals surface area (Å²) in [6.07, 6.45) is 0.993. The molecule has 1 aromatic carbocycles. The monoisotopic (exact) mass is 372 g/mol. The Morgan fingerprint density at radius 3 is 2.54 bits per heavy atom. The molecular weight excluding hydrogens is 344 g/mol. The van der Waals surface area contributed by atoms with Gasteiger partial charge in [-0.3, -0.25) is 9.69 Å². The number of carbonyl (C=O) groups is 1. The third-order valence-electron chi connectivity index (χ3n) is 5.08. The van der Waals surface area contributed by atoms with Gasteiger partial charge in [-0.05, 0) is 12.0 Å². The van der Waals surface area contributed by atoms with E-state index in [1.54, 1.807) is 11.3 Å². The molecule has 0 spiro atoms. The van der Waals surface area contributed by atoms with E-state index in [-0.39, 0.29) is 17.9 Å². The van der Waals surface area contributed by atoms with E-state index in [9.17, 15) is 4.79 Å². The van der Waals surface area contributed by atoms with Gasteiger partial charge in [0.25, 0.3) is 0 Å². The van der Waals surface area contributed by atoms with Crippen LogP contribution >= 0.6 is 11.3 Å². The maximum Gasteiger partial charge on any atom is 0.227 e. The molecule has 1 aliphatic rings. The predicted molar refractivity (Wildman–Crippen MR) is 106 cm³/mol. The maximum absolute atomic E-state index is 12.8. The summed E-state index contributed by atoms with van der Waals surface area (Å²) in [5.41, 5.74) is 8.49. The minimum absolute atomic E-state index is 0.155. The van der Waals surface area contributed by atoms with Gasteiger partial charge in [0.15, 0.2) is 0 Å². The number of nitrogens with zero attached hydrogens (tertiary/aromatic N) is 3. The summed E-state index contributed by atoms with van der Waals surface area (Å²) in [7, 11) is 0. The summed E-state index contributed by atoms with van der Waals surface area (Å²) >= 11 is 1.73. The first kappa shape index (κ1) is 19.0. The van der Waals surface area contributed by atoms with Gasteiger partial charge in [0, 0.05) is 44.1 Å². The molecule has 2 atom stereocenters. The highest BCUT2D eigenvalue weighted by Crippen LogP contribution is 2.22. The van der Waals surface area contributed by atoms with E-state index < -0.39 is 0 Å². The fourth-order valence-electron chi connectivity index (χ4n) is 3.34. The molecule has 2 N–H and O–H groups in total. The molecule has 0 radical (unpaired) electrons. The molecule has 1 saturated heterocycles. The summed E-state index contributed by atoms with van der Waals surface area (Å²) in [6.45, 7) is 8.24. The molecule has 0 bridgehead atoms. The molecule has 1 aliphatic heterocycles. The van der Waals surface area contributed by atoms with Crippen molar-refractivity contribution < 1.29 is 4.79 Å². The quantitative estimate of drug-likeness (QED) is 0.847. The number of amides is 1. The number of rotatable bonds is 6. The standard InChI is InChI=1S/C20H28N4OS/c1-3-18-22-17(14-26-18)13-23-9-11-24(12-10-23)20(25)15(2)19(21)16-7-5-4-6-8-16/h4-8,14-15,19H,3,9-13,21H2,1-2H3. The molecule has 1 amide bonds. The largest absolute Gasteiger partial charge is 0.340 e. The van der Waals surface area contributed by atoms with Gasteiger partial charge < -0.3 is 10.6 Å². The average molecular weight is 373 g/mol. The summed E-state index contributed by atoms with van der Waals surface area (Å²) in [4.78, 5) is 21.8. The Hall–Kier alpha value is -1.76. The summed E-state index contributed by atoms with van der Waals surface area (Å²) in [6, 6.07) is 9.62. The van der Waals surface area contributed by atoms with Crippen molar-refractivity contribution in [1.29, 1.82) is 0 Å². The zero-order valence-corrected chi connectivity index (χ0v) is 16.4. The average Bonchev–Trinajstić information content (AvgIpc) is 3.15. The van der Waals surface area contributed by atoms with E-state index in [1.807, 2.05) is 42.2 Å². The zero-order chi connectivity index (χ0) is 18.5. The summed E-state index contributed by atoms with van der Waals surface area (Å²) in [5, 5.41) is 3.34. The number of piperazine rings is 1. The van der Waals surface area contributed by atoms with Crippen LogP contribution in [0.3, 0.4) is 0 Å². The van der Waals surface area contributed by atoms with Crippen LogP contribution in [-0.2, 0) is 17.8 Å². The van der Waals surface area contributed by atoms with E-state index in [4.69, 9.17) is 5.73 Å². The molecule has 26 heavy (non-hydrogen) atoms. The second-order valence-corrected chi connectivity index (χ2v) is 7.86. The summed E-state index contributed by atoms with van der Waals surface area (Å²) < 4.78 is 0. The van der Waals surface area contributed by atoms with Crippen molar-refractivity contribution in [2.24, 2.45) is 11.7 Å². The normalized spacial score (nSPS) is 17.9. The number of hydrogen-bond acceptors (Lipinski definition) is 5. The number of hydrogen-bond donors (Lipinski definition) is 1. The lowest BCUT2D eigenvalue weighted by Gasteiger charge is -2.36. The van der Waals surface area contributed by atoms with Crippen molar-refractivity contribution in [1.82, 2.24) is 14.8 Å². The van der Waals surface area contributed by atoms with Crippen LogP contribution in [0, 0.1) is 5.92 Å². The number of thiazole rings is 1. The van der Waals surface area contributed by atoms with Crippen molar-refractivity contribution in [2.75, 3.05) is 26.2 Å². The van der Waals surface area contributed by atoms with Gasteiger partial charge >= 0.3 is 0 Å². The molecule has 2 unspecified atom stereocenters. The molecule has 0 aliphatic carbocycles. The smallest absolute Gasteiger partial charge is 0.227 e. The molecule has 5 nitrogen and oxygen atoms in total. The molecule has 1 fully saturated rings. The van der Waals surface area contributed by atoms with Crippen molar-refractivity contribution in [3.05, 3.63) is 52.0 Å². The van der Waals surface area contributed by atoms with Crippen LogP contribution in [0.15, 0.2) is 35.7 Å². The Morgan fingerprint density at radius 2 is 1.92 bits per heavy atom. The number of carbonyl (C=O) groups excluding carboxylic acids is 1. The van der Waals surface area contributed by atoms with Crippen molar-refractivity contribution >= 4 is 17.2 Å². The highest BCUT2D eigenvalue weighted by Gasteiger charge is 2.29. The van der Waals surface area contributed by atoms with Gasteiger partial charge in [-0.2, -0.15) is 0 Å². The second kappa shape index (κ2) is 8.75. The lowest BCUT2D eigenvalue weighted by molar-refractivity contribution is -0.137.